The summed E-state index contributed by atoms with van der Waals surface area (Å²) in [6.45, 7) is 5.17. The molecule has 19 heavy (non-hydrogen) atoms. The molecule has 0 radical (unpaired) electrons. The Morgan fingerprint density at radius 3 is 2.95 bits per heavy atom. The summed E-state index contributed by atoms with van der Waals surface area (Å²) in [6.07, 6.45) is 1.22. The van der Waals surface area contributed by atoms with Gasteiger partial charge in [-0.05, 0) is 31.0 Å². The van der Waals surface area contributed by atoms with Crippen molar-refractivity contribution in [2.24, 2.45) is 5.92 Å². The molecule has 0 bridgehead atoms. The summed E-state index contributed by atoms with van der Waals surface area (Å²) in [5.41, 5.74) is 2.00. The minimum atomic E-state index is -0.223. The van der Waals surface area contributed by atoms with Crippen LogP contribution in [0.3, 0.4) is 0 Å². The van der Waals surface area contributed by atoms with Crippen LogP contribution in [0.25, 0.3) is 0 Å². The Morgan fingerprint density at radius 2 is 2.26 bits per heavy atom. The third kappa shape index (κ3) is 3.13. The van der Waals surface area contributed by atoms with Gasteiger partial charge in [0.15, 0.2) is 0 Å². The molecule has 0 saturated carbocycles. The lowest BCUT2D eigenvalue weighted by molar-refractivity contribution is -0.126. The van der Waals surface area contributed by atoms with Gasteiger partial charge >= 0.3 is 0 Å². The summed E-state index contributed by atoms with van der Waals surface area (Å²) in [5.74, 6) is -0.202. The summed E-state index contributed by atoms with van der Waals surface area (Å²) in [5, 5.41) is 2.86. The first-order chi connectivity index (χ1) is 9.11. The number of carbonyl (C=O) groups excluding carboxylic acids is 2. The number of rotatable bonds is 4. The van der Waals surface area contributed by atoms with E-state index in [2.05, 4.69) is 5.32 Å². The van der Waals surface area contributed by atoms with E-state index in [1.165, 1.54) is 0 Å². The van der Waals surface area contributed by atoms with E-state index in [0.717, 1.165) is 17.7 Å². The Morgan fingerprint density at radius 1 is 1.47 bits per heavy atom. The van der Waals surface area contributed by atoms with Crippen LogP contribution in [0, 0.1) is 12.8 Å². The quantitative estimate of drug-likeness (QED) is 0.898. The zero-order valence-corrected chi connectivity index (χ0v) is 11.5. The van der Waals surface area contributed by atoms with E-state index < -0.39 is 0 Å². The molecule has 2 rings (SSSR count). The zero-order chi connectivity index (χ0) is 13.8. The van der Waals surface area contributed by atoms with Gasteiger partial charge in [0.05, 0.1) is 5.92 Å². The number of aryl methyl sites for hydroxylation is 1. The summed E-state index contributed by atoms with van der Waals surface area (Å²) in [4.78, 5) is 25.6. The molecule has 1 aromatic carbocycles. The van der Waals surface area contributed by atoms with Gasteiger partial charge in [0.1, 0.15) is 0 Å². The first kappa shape index (κ1) is 13.6. The van der Waals surface area contributed by atoms with Crippen molar-refractivity contribution in [1.82, 2.24) is 5.32 Å². The van der Waals surface area contributed by atoms with Gasteiger partial charge in [0.2, 0.25) is 11.8 Å². The van der Waals surface area contributed by atoms with Crippen LogP contribution < -0.4 is 10.2 Å². The maximum absolute atomic E-state index is 12.0. The van der Waals surface area contributed by atoms with E-state index >= 15 is 0 Å². The first-order valence-electron chi connectivity index (χ1n) is 6.76. The molecule has 4 nitrogen and oxygen atoms in total. The van der Waals surface area contributed by atoms with Crippen molar-refractivity contribution >= 4 is 17.5 Å². The number of carbonyl (C=O) groups is 2. The Kier molecular flexibility index (Phi) is 4.20. The highest BCUT2D eigenvalue weighted by atomic mass is 16.2. The van der Waals surface area contributed by atoms with Gasteiger partial charge in [-0.2, -0.15) is 0 Å². The van der Waals surface area contributed by atoms with E-state index in [-0.39, 0.29) is 17.7 Å². The number of nitrogens with zero attached hydrogens (tertiary/aromatic N) is 1. The van der Waals surface area contributed by atoms with Crippen molar-refractivity contribution in [2.75, 3.05) is 18.0 Å². The first-order valence-corrected chi connectivity index (χ1v) is 6.76. The fourth-order valence-electron chi connectivity index (χ4n) is 2.32. The summed E-state index contributed by atoms with van der Waals surface area (Å²) < 4.78 is 0. The maximum atomic E-state index is 12.0. The van der Waals surface area contributed by atoms with Crippen LogP contribution >= 0.6 is 0 Å². The SMILES string of the molecule is CCCNC(=O)[C@@H]1CC(=O)N(c2cccc(C)c2)C1. The van der Waals surface area contributed by atoms with Gasteiger partial charge in [-0.15, -0.1) is 0 Å². The van der Waals surface area contributed by atoms with Gasteiger partial charge in [-0.1, -0.05) is 19.1 Å². The van der Waals surface area contributed by atoms with E-state index in [9.17, 15) is 9.59 Å². The monoisotopic (exact) mass is 260 g/mol. The van der Waals surface area contributed by atoms with Crippen LogP contribution in [0.1, 0.15) is 25.3 Å². The average molecular weight is 260 g/mol. The molecule has 1 aromatic rings. The molecular weight excluding hydrogens is 240 g/mol. The van der Waals surface area contributed by atoms with Crippen LogP contribution in [0.15, 0.2) is 24.3 Å². The Balaban J connectivity index is 2.05. The molecule has 1 fully saturated rings. The Labute approximate surface area is 113 Å². The minimum Gasteiger partial charge on any atom is -0.356 e. The number of amides is 2. The maximum Gasteiger partial charge on any atom is 0.227 e. The minimum absolute atomic E-state index is 0.00893. The number of nitrogens with one attached hydrogen (secondary N) is 1. The summed E-state index contributed by atoms with van der Waals surface area (Å²) >= 11 is 0. The molecule has 0 aliphatic carbocycles. The second kappa shape index (κ2) is 5.87. The van der Waals surface area contributed by atoms with Gasteiger partial charge in [-0.3, -0.25) is 9.59 Å². The molecule has 0 spiro atoms. The molecule has 4 heteroatoms. The van der Waals surface area contributed by atoms with E-state index in [1.807, 2.05) is 38.1 Å². The van der Waals surface area contributed by atoms with Crippen LogP contribution in [0.4, 0.5) is 5.69 Å². The van der Waals surface area contributed by atoms with Crippen LogP contribution in [-0.2, 0) is 9.59 Å². The molecule has 1 N–H and O–H groups in total. The van der Waals surface area contributed by atoms with Crippen LogP contribution in [-0.4, -0.2) is 24.9 Å². The van der Waals surface area contributed by atoms with Crippen molar-refractivity contribution in [3.63, 3.8) is 0 Å². The smallest absolute Gasteiger partial charge is 0.227 e. The Hall–Kier alpha value is -1.84. The van der Waals surface area contributed by atoms with Crippen LogP contribution in [0.5, 0.6) is 0 Å². The lowest BCUT2D eigenvalue weighted by Crippen LogP contribution is -2.33. The van der Waals surface area contributed by atoms with Crippen LogP contribution in [0.2, 0.25) is 0 Å². The van der Waals surface area contributed by atoms with Gasteiger partial charge in [0, 0.05) is 25.2 Å². The van der Waals surface area contributed by atoms with Crippen molar-refractivity contribution in [2.45, 2.75) is 26.7 Å². The second-order valence-corrected chi connectivity index (χ2v) is 5.04. The summed E-state index contributed by atoms with van der Waals surface area (Å²) in [6, 6.07) is 7.82. The molecule has 0 aromatic heterocycles. The highest BCUT2D eigenvalue weighted by molar-refractivity contribution is 6.00. The molecule has 1 aliphatic rings. The zero-order valence-electron chi connectivity index (χ0n) is 11.5. The molecule has 102 valence electrons. The molecule has 1 aliphatic heterocycles. The predicted molar refractivity (Wildman–Crippen MR) is 74.9 cm³/mol. The van der Waals surface area contributed by atoms with Crippen molar-refractivity contribution in [3.05, 3.63) is 29.8 Å². The van der Waals surface area contributed by atoms with Gasteiger partial charge in [-0.25, -0.2) is 0 Å². The largest absolute Gasteiger partial charge is 0.356 e. The number of hydrogen-bond acceptors (Lipinski definition) is 2. The van der Waals surface area contributed by atoms with E-state index in [0.29, 0.717) is 19.5 Å². The lowest BCUT2D eigenvalue weighted by Gasteiger charge is -2.17. The second-order valence-electron chi connectivity index (χ2n) is 5.04. The fraction of sp³-hybridized carbons (Fsp3) is 0.467. The standard InChI is InChI=1S/C15H20N2O2/c1-3-7-16-15(19)12-9-14(18)17(10-12)13-6-4-5-11(2)8-13/h4-6,8,12H,3,7,9-10H2,1-2H3,(H,16,19)/t12-/m1/s1. The fourth-order valence-corrected chi connectivity index (χ4v) is 2.32. The summed E-state index contributed by atoms with van der Waals surface area (Å²) in [7, 11) is 0. The number of benzene rings is 1. The lowest BCUT2D eigenvalue weighted by atomic mass is 10.1. The third-order valence-electron chi connectivity index (χ3n) is 3.36. The molecule has 1 heterocycles. The average Bonchev–Trinajstić information content (AvgIpc) is 2.78. The van der Waals surface area contributed by atoms with E-state index in [4.69, 9.17) is 0 Å². The Bertz CT molecular complexity index is 485. The van der Waals surface area contributed by atoms with Crippen molar-refractivity contribution < 1.29 is 9.59 Å². The molecule has 1 saturated heterocycles. The highest BCUT2D eigenvalue weighted by Gasteiger charge is 2.34. The molecule has 2 amide bonds. The van der Waals surface area contributed by atoms with Crippen molar-refractivity contribution in [1.29, 1.82) is 0 Å². The topological polar surface area (TPSA) is 49.4 Å². The highest BCUT2D eigenvalue weighted by Crippen LogP contribution is 2.25. The molecule has 0 unspecified atom stereocenters. The van der Waals surface area contributed by atoms with Gasteiger partial charge in [0.25, 0.3) is 0 Å². The number of anilines is 1. The third-order valence-corrected chi connectivity index (χ3v) is 3.36. The van der Waals surface area contributed by atoms with Crippen molar-refractivity contribution in [3.8, 4) is 0 Å². The predicted octanol–water partition coefficient (Wildman–Crippen LogP) is 1.87. The molecular formula is C15H20N2O2. The van der Waals surface area contributed by atoms with E-state index in [1.54, 1.807) is 4.90 Å². The number of hydrogen-bond donors (Lipinski definition) is 1. The normalized spacial score (nSPS) is 18.7. The van der Waals surface area contributed by atoms with Gasteiger partial charge < -0.3 is 10.2 Å². The molecule has 1 atom stereocenters.